The minimum Gasteiger partial charge on any atom is -0.341 e. The molecule has 1 aromatic heterocycles. The molecule has 0 aliphatic carbocycles. The van der Waals surface area contributed by atoms with Gasteiger partial charge in [-0.3, -0.25) is 10.1 Å². The number of hydrogen-bond acceptors (Lipinski definition) is 9. The number of nitrogens with zero attached hydrogens (tertiary/aromatic N) is 6. The van der Waals surface area contributed by atoms with Crippen LogP contribution in [-0.4, -0.2) is 38.7 Å². The summed E-state index contributed by atoms with van der Waals surface area (Å²) in [7, 11) is 0. The van der Waals surface area contributed by atoms with Gasteiger partial charge < -0.3 is 10.2 Å². The Morgan fingerprint density at radius 2 is 1.62 bits per heavy atom. The standard InChI is InChI=1S/C23H25FN8O2/c1-16(17-6-8-18(24)9-7-17)29-30-22-26-21(25-19-10-12-20(13-11-19)32(33)34)27-23(28-22)31-14-4-2-3-5-15-31/h6-13H,2-5,14-15H2,1H3,(H2,25,26,27,28,30). The van der Waals surface area contributed by atoms with E-state index >= 15 is 0 Å². The van der Waals surface area contributed by atoms with Crippen LogP contribution in [0.2, 0.25) is 0 Å². The van der Waals surface area contributed by atoms with Crippen LogP contribution in [0.15, 0.2) is 53.6 Å². The highest BCUT2D eigenvalue weighted by molar-refractivity contribution is 5.98. The molecular weight excluding hydrogens is 439 g/mol. The fourth-order valence-electron chi connectivity index (χ4n) is 3.57. The number of nitro benzene ring substituents is 1. The van der Waals surface area contributed by atoms with E-state index in [2.05, 4.69) is 35.7 Å². The van der Waals surface area contributed by atoms with Gasteiger partial charge >= 0.3 is 0 Å². The SMILES string of the molecule is CC(=NNc1nc(Nc2ccc([N+](=O)[O-])cc2)nc(N2CCCCCC2)n1)c1ccc(F)cc1. The van der Waals surface area contributed by atoms with Crippen LogP contribution in [0.1, 0.15) is 38.2 Å². The average Bonchev–Trinajstić information content (AvgIpc) is 3.13. The molecule has 4 rings (SSSR count). The molecule has 0 unspecified atom stereocenters. The van der Waals surface area contributed by atoms with Gasteiger partial charge in [-0.2, -0.15) is 20.1 Å². The van der Waals surface area contributed by atoms with E-state index in [-0.39, 0.29) is 17.5 Å². The predicted molar refractivity (Wildman–Crippen MR) is 129 cm³/mol. The molecule has 1 fully saturated rings. The molecule has 2 heterocycles. The normalized spacial score (nSPS) is 14.4. The zero-order valence-corrected chi connectivity index (χ0v) is 18.7. The number of aromatic nitrogens is 3. The Labute approximate surface area is 196 Å². The Morgan fingerprint density at radius 3 is 2.26 bits per heavy atom. The highest BCUT2D eigenvalue weighted by atomic mass is 19.1. The molecule has 176 valence electrons. The number of nitro groups is 1. The van der Waals surface area contributed by atoms with Gasteiger partial charge in [-0.05, 0) is 49.6 Å². The zero-order valence-electron chi connectivity index (χ0n) is 18.7. The Bertz CT molecular complexity index is 1160. The molecule has 3 aromatic rings. The largest absolute Gasteiger partial charge is 0.341 e. The number of non-ortho nitro benzene ring substituents is 1. The summed E-state index contributed by atoms with van der Waals surface area (Å²) in [6, 6.07) is 12.1. The van der Waals surface area contributed by atoms with E-state index in [0.717, 1.165) is 31.5 Å². The number of benzene rings is 2. The first-order chi connectivity index (χ1) is 16.5. The highest BCUT2D eigenvalue weighted by Gasteiger charge is 2.16. The van der Waals surface area contributed by atoms with Crippen molar-refractivity contribution in [1.29, 1.82) is 0 Å². The van der Waals surface area contributed by atoms with Crippen molar-refractivity contribution in [2.24, 2.45) is 5.10 Å². The van der Waals surface area contributed by atoms with E-state index in [1.54, 1.807) is 31.2 Å². The van der Waals surface area contributed by atoms with Crippen molar-refractivity contribution in [2.75, 3.05) is 28.7 Å². The third-order valence-electron chi connectivity index (χ3n) is 5.43. The van der Waals surface area contributed by atoms with Crippen molar-refractivity contribution in [2.45, 2.75) is 32.6 Å². The molecule has 0 radical (unpaired) electrons. The van der Waals surface area contributed by atoms with Gasteiger partial charge in [0.1, 0.15) is 5.82 Å². The van der Waals surface area contributed by atoms with Gasteiger partial charge in [0.05, 0.1) is 10.6 Å². The highest BCUT2D eigenvalue weighted by Crippen LogP contribution is 2.22. The first kappa shape index (κ1) is 23.0. The minimum absolute atomic E-state index is 0.000543. The van der Waals surface area contributed by atoms with E-state index in [4.69, 9.17) is 0 Å². The molecule has 11 heteroatoms. The van der Waals surface area contributed by atoms with Gasteiger partial charge in [-0.15, -0.1) is 0 Å². The third-order valence-corrected chi connectivity index (χ3v) is 5.43. The second-order valence-electron chi connectivity index (χ2n) is 7.93. The van der Waals surface area contributed by atoms with Crippen LogP contribution >= 0.6 is 0 Å². The van der Waals surface area contributed by atoms with E-state index in [1.165, 1.54) is 37.1 Å². The van der Waals surface area contributed by atoms with Gasteiger partial charge in [0.15, 0.2) is 0 Å². The molecular formula is C23H25FN8O2. The zero-order chi connectivity index (χ0) is 23.9. The summed E-state index contributed by atoms with van der Waals surface area (Å²) >= 11 is 0. The van der Waals surface area contributed by atoms with E-state index in [1.807, 2.05) is 0 Å². The predicted octanol–water partition coefficient (Wildman–Crippen LogP) is 4.88. The number of halogens is 1. The molecule has 0 amide bonds. The molecule has 0 atom stereocenters. The number of hydrogen-bond donors (Lipinski definition) is 2. The number of rotatable bonds is 7. The van der Waals surface area contributed by atoms with Crippen molar-refractivity contribution in [3.05, 3.63) is 70.0 Å². The summed E-state index contributed by atoms with van der Waals surface area (Å²) in [6.07, 6.45) is 4.45. The molecule has 1 aliphatic rings. The van der Waals surface area contributed by atoms with Crippen molar-refractivity contribution < 1.29 is 9.31 Å². The fourth-order valence-corrected chi connectivity index (χ4v) is 3.57. The summed E-state index contributed by atoms with van der Waals surface area (Å²) in [6.45, 7) is 3.49. The Balaban J connectivity index is 1.60. The van der Waals surface area contributed by atoms with Crippen LogP contribution in [0, 0.1) is 15.9 Å². The maximum absolute atomic E-state index is 13.2. The lowest BCUT2D eigenvalue weighted by atomic mass is 10.1. The summed E-state index contributed by atoms with van der Waals surface area (Å²) in [5, 5.41) is 18.4. The van der Waals surface area contributed by atoms with Crippen molar-refractivity contribution in [3.8, 4) is 0 Å². The van der Waals surface area contributed by atoms with Crippen LogP contribution in [0.25, 0.3) is 0 Å². The molecule has 0 bridgehead atoms. The average molecular weight is 465 g/mol. The Morgan fingerprint density at radius 1 is 0.971 bits per heavy atom. The first-order valence-corrected chi connectivity index (χ1v) is 11.1. The lowest BCUT2D eigenvalue weighted by Gasteiger charge is -2.21. The van der Waals surface area contributed by atoms with Gasteiger partial charge in [-0.25, -0.2) is 9.82 Å². The minimum atomic E-state index is -0.451. The second kappa shape index (κ2) is 10.6. The lowest BCUT2D eigenvalue weighted by molar-refractivity contribution is -0.384. The molecule has 2 N–H and O–H groups in total. The molecule has 0 spiro atoms. The number of nitrogens with one attached hydrogen (secondary N) is 2. The van der Waals surface area contributed by atoms with E-state index in [0.29, 0.717) is 23.3 Å². The molecule has 1 saturated heterocycles. The Kier molecular flexibility index (Phi) is 7.21. The van der Waals surface area contributed by atoms with Gasteiger partial charge in [0, 0.05) is 30.9 Å². The van der Waals surface area contributed by atoms with Crippen molar-refractivity contribution in [3.63, 3.8) is 0 Å². The van der Waals surface area contributed by atoms with Gasteiger partial charge in [0.2, 0.25) is 17.8 Å². The fraction of sp³-hybridized carbons (Fsp3) is 0.304. The summed E-state index contributed by atoms with van der Waals surface area (Å²) in [5.41, 5.74) is 4.89. The maximum atomic E-state index is 13.2. The number of hydrazone groups is 1. The van der Waals surface area contributed by atoms with Crippen LogP contribution in [0.4, 0.5) is 33.6 Å². The maximum Gasteiger partial charge on any atom is 0.269 e. The number of anilines is 4. The van der Waals surface area contributed by atoms with E-state index in [9.17, 15) is 14.5 Å². The van der Waals surface area contributed by atoms with Crippen molar-refractivity contribution in [1.82, 2.24) is 15.0 Å². The van der Waals surface area contributed by atoms with Crippen molar-refractivity contribution >= 4 is 34.9 Å². The summed E-state index contributed by atoms with van der Waals surface area (Å²) < 4.78 is 13.2. The van der Waals surface area contributed by atoms with Crippen LogP contribution in [-0.2, 0) is 0 Å². The van der Waals surface area contributed by atoms with Crippen LogP contribution in [0.3, 0.4) is 0 Å². The lowest BCUT2D eigenvalue weighted by Crippen LogP contribution is -2.26. The first-order valence-electron chi connectivity index (χ1n) is 11.1. The molecule has 10 nitrogen and oxygen atoms in total. The van der Waals surface area contributed by atoms with Crippen LogP contribution in [0.5, 0.6) is 0 Å². The topological polar surface area (TPSA) is 121 Å². The van der Waals surface area contributed by atoms with E-state index < -0.39 is 4.92 Å². The summed E-state index contributed by atoms with van der Waals surface area (Å²) in [5.74, 6) is 0.754. The molecule has 1 aliphatic heterocycles. The Hall–Kier alpha value is -4.15. The molecule has 34 heavy (non-hydrogen) atoms. The summed E-state index contributed by atoms with van der Waals surface area (Å²) in [4.78, 5) is 26.1. The molecule has 2 aromatic carbocycles. The van der Waals surface area contributed by atoms with Crippen LogP contribution < -0.4 is 15.6 Å². The molecule has 0 saturated carbocycles. The van der Waals surface area contributed by atoms with Gasteiger partial charge in [-0.1, -0.05) is 25.0 Å². The quantitative estimate of drug-likeness (QED) is 0.288. The second-order valence-corrected chi connectivity index (χ2v) is 7.93. The van der Waals surface area contributed by atoms with Gasteiger partial charge in [0.25, 0.3) is 5.69 Å². The monoisotopic (exact) mass is 464 g/mol. The third kappa shape index (κ3) is 6.00. The smallest absolute Gasteiger partial charge is 0.269 e.